The topological polar surface area (TPSA) is 39.7 Å². The van der Waals surface area contributed by atoms with Gasteiger partial charge in [0.15, 0.2) is 5.00 Å². The molecule has 0 bridgehead atoms. The molecular formula is C26H25Cl3N4. The molecule has 2 aliphatic rings. The van der Waals surface area contributed by atoms with Crippen LogP contribution in [0.15, 0.2) is 77.8 Å². The predicted octanol–water partition coefficient (Wildman–Crippen LogP) is 5.94. The van der Waals surface area contributed by atoms with Crippen LogP contribution in [0.25, 0.3) is 0 Å². The molecule has 4 nitrogen and oxygen atoms in total. The fourth-order valence-corrected chi connectivity index (χ4v) is 5.68. The van der Waals surface area contributed by atoms with Crippen LogP contribution in [0, 0.1) is 0 Å². The largest absolute Gasteiger partial charge is 0.346 e. The third kappa shape index (κ3) is 4.51. The lowest BCUT2D eigenvalue weighted by Crippen LogP contribution is -2.57. The molecule has 0 saturated carbocycles. The van der Waals surface area contributed by atoms with Gasteiger partial charge in [0.1, 0.15) is 0 Å². The van der Waals surface area contributed by atoms with Crippen molar-refractivity contribution in [2.75, 3.05) is 31.5 Å². The third-order valence-corrected chi connectivity index (χ3v) is 7.52. The number of alkyl halides is 1. The number of halogens is 3. The van der Waals surface area contributed by atoms with E-state index in [1.165, 1.54) is 0 Å². The number of nitrogens with one attached hydrogen (secondary N) is 2. The molecule has 2 aliphatic heterocycles. The maximum absolute atomic E-state index is 7.61. The Hall–Kier alpha value is -2.08. The molecule has 170 valence electrons. The van der Waals surface area contributed by atoms with Crippen molar-refractivity contribution in [2.45, 2.75) is 17.0 Å². The monoisotopic (exact) mass is 498 g/mol. The summed E-state index contributed by atoms with van der Waals surface area (Å²) in [6.45, 7) is 3.56. The Morgan fingerprint density at radius 1 is 0.818 bits per heavy atom. The van der Waals surface area contributed by atoms with Gasteiger partial charge >= 0.3 is 0 Å². The van der Waals surface area contributed by atoms with Crippen LogP contribution in [-0.2, 0) is 5.00 Å². The van der Waals surface area contributed by atoms with Gasteiger partial charge in [0.05, 0.1) is 12.4 Å². The maximum Gasteiger partial charge on any atom is 0.178 e. The predicted molar refractivity (Wildman–Crippen MR) is 139 cm³/mol. The molecule has 33 heavy (non-hydrogen) atoms. The van der Waals surface area contributed by atoms with E-state index in [1.54, 1.807) is 6.34 Å². The van der Waals surface area contributed by atoms with Crippen molar-refractivity contribution in [1.29, 1.82) is 0 Å². The van der Waals surface area contributed by atoms with Crippen LogP contribution in [-0.4, -0.2) is 43.5 Å². The highest BCUT2D eigenvalue weighted by Crippen LogP contribution is 2.49. The number of aliphatic imine (C=N–C) groups is 1. The average Bonchev–Trinajstić information content (AvgIpc) is 2.85. The second kappa shape index (κ2) is 9.65. The second-order valence-electron chi connectivity index (χ2n) is 8.43. The number of anilines is 1. The Morgan fingerprint density at radius 2 is 1.39 bits per heavy atom. The van der Waals surface area contributed by atoms with Gasteiger partial charge in [-0.1, -0.05) is 77.3 Å². The number of fused-ring (bicyclic) bond motifs is 1. The first kappa shape index (κ1) is 22.7. The van der Waals surface area contributed by atoms with E-state index < -0.39 is 5.00 Å². The van der Waals surface area contributed by atoms with Crippen LogP contribution in [0.5, 0.6) is 0 Å². The minimum atomic E-state index is -0.983. The second-order valence-corrected chi connectivity index (χ2v) is 9.88. The van der Waals surface area contributed by atoms with E-state index in [-0.39, 0.29) is 12.0 Å². The van der Waals surface area contributed by atoms with Gasteiger partial charge in [-0.2, -0.15) is 0 Å². The molecular weight excluding hydrogens is 475 g/mol. The molecule has 3 aromatic rings. The Balaban J connectivity index is 1.72. The van der Waals surface area contributed by atoms with Gasteiger partial charge in [-0.3, -0.25) is 4.90 Å². The highest BCUT2D eigenvalue weighted by Gasteiger charge is 2.49. The summed E-state index contributed by atoms with van der Waals surface area (Å²) >= 11 is 20.1. The first-order valence-electron chi connectivity index (χ1n) is 11.1. The first-order valence-corrected chi connectivity index (χ1v) is 12.2. The standard InChI is InChI=1S/C26H25Cl3N4/c27-20-9-5-18(6-10-20)24(19-7-11-21(28)12-8-19)25(33-15-13-30-14-16-33)26(29)22-3-1-2-4-23(22)31-17-32-26/h1-12,17,24-25,30H,13-16H2,(H,31,32). The summed E-state index contributed by atoms with van der Waals surface area (Å²) in [6.07, 6.45) is 1.73. The number of nitrogens with zero attached hydrogens (tertiary/aromatic N) is 2. The van der Waals surface area contributed by atoms with Crippen LogP contribution < -0.4 is 10.6 Å². The van der Waals surface area contributed by atoms with Crippen molar-refractivity contribution in [3.05, 3.63) is 99.5 Å². The quantitative estimate of drug-likeness (QED) is 0.337. The Bertz CT molecular complexity index is 1080. The van der Waals surface area contributed by atoms with Crippen molar-refractivity contribution in [3.63, 3.8) is 0 Å². The molecule has 0 spiro atoms. The Labute approximate surface area is 209 Å². The molecule has 7 heteroatoms. The van der Waals surface area contributed by atoms with Crippen molar-refractivity contribution in [3.8, 4) is 0 Å². The van der Waals surface area contributed by atoms with Crippen LogP contribution in [0.4, 0.5) is 5.69 Å². The smallest absolute Gasteiger partial charge is 0.178 e. The Morgan fingerprint density at radius 3 is 2.00 bits per heavy atom. The van der Waals surface area contributed by atoms with E-state index >= 15 is 0 Å². The average molecular weight is 500 g/mol. The molecule has 0 amide bonds. The zero-order valence-electron chi connectivity index (χ0n) is 18.0. The van der Waals surface area contributed by atoms with E-state index in [0.717, 1.165) is 48.6 Å². The van der Waals surface area contributed by atoms with E-state index in [9.17, 15) is 0 Å². The first-order chi connectivity index (χ1) is 16.1. The summed E-state index contributed by atoms with van der Waals surface area (Å²) in [6, 6.07) is 24.1. The fourth-order valence-electron chi connectivity index (χ4n) is 4.95. The van der Waals surface area contributed by atoms with Gasteiger partial charge in [0.2, 0.25) is 0 Å². The minimum Gasteiger partial charge on any atom is -0.346 e. The van der Waals surface area contributed by atoms with Crippen LogP contribution in [0.1, 0.15) is 22.6 Å². The van der Waals surface area contributed by atoms with E-state index in [4.69, 9.17) is 39.8 Å². The number of rotatable bonds is 5. The van der Waals surface area contributed by atoms with Crippen LogP contribution >= 0.6 is 34.8 Å². The molecule has 2 heterocycles. The van der Waals surface area contributed by atoms with Crippen molar-refractivity contribution >= 4 is 46.8 Å². The van der Waals surface area contributed by atoms with Gasteiger partial charge < -0.3 is 10.6 Å². The van der Waals surface area contributed by atoms with Gasteiger partial charge in [-0.15, -0.1) is 0 Å². The summed E-state index contributed by atoms with van der Waals surface area (Å²) in [5.41, 5.74) is 4.23. The van der Waals surface area contributed by atoms with Crippen molar-refractivity contribution in [1.82, 2.24) is 10.2 Å². The lowest BCUT2D eigenvalue weighted by molar-refractivity contribution is 0.124. The van der Waals surface area contributed by atoms with Crippen LogP contribution in [0.2, 0.25) is 10.0 Å². The van der Waals surface area contributed by atoms with Crippen LogP contribution in [0.3, 0.4) is 0 Å². The summed E-state index contributed by atoms with van der Waals surface area (Å²) < 4.78 is 0. The molecule has 2 unspecified atom stereocenters. The lowest BCUT2D eigenvalue weighted by atomic mass is 9.78. The zero-order chi connectivity index (χ0) is 22.8. The SMILES string of the molecule is Clc1ccc(C(c2ccc(Cl)cc2)C(N2CCNCC2)C2(Cl)N=CNc3ccccc32)cc1. The van der Waals surface area contributed by atoms with Crippen molar-refractivity contribution in [2.24, 2.45) is 4.99 Å². The number of hydrogen-bond donors (Lipinski definition) is 2. The van der Waals surface area contributed by atoms with Crippen molar-refractivity contribution < 1.29 is 0 Å². The summed E-state index contributed by atoms with van der Waals surface area (Å²) in [4.78, 5) is 6.39. The van der Waals surface area contributed by atoms with Gasteiger partial charge in [0, 0.05) is 53.4 Å². The summed E-state index contributed by atoms with van der Waals surface area (Å²) in [5, 5.41) is 8.15. The minimum absolute atomic E-state index is 0.0570. The number of hydrogen-bond acceptors (Lipinski definition) is 4. The highest BCUT2D eigenvalue weighted by molar-refractivity contribution is 6.30. The normalized spacial score (nSPS) is 21.5. The molecule has 0 aromatic heterocycles. The maximum atomic E-state index is 7.61. The lowest BCUT2D eigenvalue weighted by Gasteiger charge is -2.47. The van der Waals surface area contributed by atoms with Gasteiger partial charge in [-0.25, -0.2) is 4.99 Å². The number of para-hydroxylation sites is 1. The number of benzene rings is 3. The molecule has 5 rings (SSSR count). The summed E-state index contributed by atoms with van der Waals surface area (Å²) in [7, 11) is 0. The molecule has 0 radical (unpaired) electrons. The molecule has 2 atom stereocenters. The molecule has 1 fully saturated rings. The van der Waals surface area contributed by atoms with Gasteiger partial charge in [0.25, 0.3) is 0 Å². The molecule has 3 aromatic carbocycles. The zero-order valence-corrected chi connectivity index (χ0v) is 20.3. The van der Waals surface area contributed by atoms with E-state index in [1.807, 2.05) is 42.5 Å². The van der Waals surface area contributed by atoms with E-state index in [2.05, 4.69) is 45.9 Å². The third-order valence-electron chi connectivity index (χ3n) is 6.49. The van der Waals surface area contributed by atoms with Gasteiger partial charge in [-0.05, 0) is 41.5 Å². The Kier molecular flexibility index (Phi) is 6.64. The highest BCUT2D eigenvalue weighted by atomic mass is 35.5. The summed E-state index contributed by atoms with van der Waals surface area (Å²) in [5.74, 6) is -0.0570. The number of piperazine rings is 1. The fraction of sp³-hybridized carbons (Fsp3) is 0.269. The molecule has 1 saturated heterocycles. The van der Waals surface area contributed by atoms with E-state index in [0.29, 0.717) is 10.0 Å². The molecule has 2 N–H and O–H groups in total. The molecule has 0 aliphatic carbocycles.